The third-order valence-electron chi connectivity index (χ3n) is 3.81. The molecule has 1 fully saturated rings. The number of hydrogen-bond acceptors (Lipinski definition) is 1. The largest absolute Gasteiger partial charge is 0.339 e. The lowest BCUT2D eigenvalue weighted by Gasteiger charge is -2.12. The first-order valence-electron chi connectivity index (χ1n) is 8.10. The van der Waals surface area contributed by atoms with E-state index in [0.717, 1.165) is 25.4 Å². The van der Waals surface area contributed by atoms with Crippen LogP contribution in [0.4, 0.5) is 0 Å². The molecule has 0 aromatic heterocycles. The number of carbonyl (C=O) groups excluding carboxylic acids is 1. The predicted molar refractivity (Wildman–Crippen MR) is 84.2 cm³/mol. The van der Waals surface area contributed by atoms with Crippen LogP contribution in [-0.2, 0) is 4.79 Å². The molecule has 112 valence electrons. The van der Waals surface area contributed by atoms with Gasteiger partial charge in [-0.2, -0.15) is 0 Å². The van der Waals surface area contributed by atoms with E-state index in [1.54, 1.807) is 0 Å². The number of hydrogen-bond donors (Lipinski definition) is 0. The van der Waals surface area contributed by atoms with Crippen LogP contribution < -0.4 is 0 Å². The van der Waals surface area contributed by atoms with Crippen molar-refractivity contribution < 1.29 is 4.79 Å². The number of amides is 1. The summed E-state index contributed by atoms with van der Waals surface area (Å²) < 4.78 is 0. The first kappa shape index (κ1) is 18.2. The molecule has 0 aromatic carbocycles. The Balaban J connectivity index is 0.000000362. The number of nitrogens with zero attached hydrogens (tertiary/aromatic N) is 1. The highest BCUT2D eigenvalue weighted by Crippen LogP contribution is 2.18. The van der Waals surface area contributed by atoms with Gasteiger partial charge in [0.05, 0.1) is 0 Å². The SMILES string of the molecule is C=CC(=O)N1CCC(CC)C1.CCCCCCCC. The van der Waals surface area contributed by atoms with Crippen LogP contribution >= 0.6 is 0 Å². The van der Waals surface area contributed by atoms with Crippen molar-refractivity contribution in [3.8, 4) is 0 Å². The van der Waals surface area contributed by atoms with Crippen LogP contribution in [0.3, 0.4) is 0 Å². The van der Waals surface area contributed by atoms with Crippen molar-refractivity contribution in [3.05, 3.63) is 12.7 Å². The maximum absolute atomic E-state index is 11.1. The van der Waals surface area contributed by atoms with Gasteiger partial charge in [0.15, 0.2) is 0 Å². The summed E-state index contributed by atoms with van der Waals surface area (Å²) in [4.78, 5) is 13.0. The minimum absolute atomic E-state index is 0.0842. The lowest BCUT2D eigenvalue weighted by molar-refractivity contribution is -0.125. The highest BCUT2D eigenvalue weighted by Gasteiger charge is 2.22. The third kappa shape index (κ3) is 8.85. The Morgan fingerprint density at radius 2 is 1.74 bits per heavy atom. The van der Waals surface area contributed by atoms with Gasteiger partial charge in [0.2, 0.25) is 5.91 Å². The number of rotatable bonds is 7. The Labute approximate surface area is 120 Å². The van der Waals surface area contributed by atoms with Crippen molar-refractivity contribution in [1.82, 2.24) is 4.90 Å². The fourth-order valence-electron chi connectivity index (χ4n) is 2.35. The van der Waals surface area contributed by atoms with Gasteiger partial charge in [-0.25, -0.2) is 0 Å². The number of unbranched alkanes of at least 4 members (excludes halogenated alkanes) is 5. The molecule has 0 bridgehead atoms. The monoisotopic (exact) mass is 267 g/mol. The average molecular weight is 267 g/mol. The molecule has 0 saturated carbocycles. The van der Waals surface area contributed by atoms with E-state index in [1.807, 2.05) is 4.90 Å². The number of carbonyl (C=O) groups is 1. The van der Waals surface area contributed by atoms with Gasteiger partial charge < -0.3 is 4.90 Å². The zero-order chi connectivity index (χ0) is 14.5. The summed E-state index contributed by atoms with van der Waals surface area (Å²) in [6, 6.07) is 0. The van der Waals surface area contributed by atoms with E-state index in [9.17, 15) is 4.79 Å². The smallest absolute Gasteiger partial charge is 0.245 e. The molecule has 0 aliphatic carbocycles. The predicted octanol–water partition coefficient (Wildman–Crippen LogP) is 4.80. The molecule has 1 unspecified atom stereocenters. The molecule has 19 heavy (non-hydrogen) atoms. The van der Waals surface area contributed by atoms with Crippen LogP contribution in [0.15, 0.2) is 12.7 Å². The second kappa shape index (κ2) is 12.3. The van der Waals surface area contributed by atoms with E-state index < -0.39 is 0 Å². The molecule has 1 rings (SSSR count). The molecule has 1 atom stereocenters. The standard InChI is InChI=1S/C9H15NO.C8H18/c1-3-8-5-6-10(7-8)9(11)4-2;1-3-5-7-8-6-4-2/h4,8H,2-3,5-7H2,1H3;3-8H2,1-2H3. The summed E-state index contributed by atoms with van der Waals surface area (Å²) in [5, 5.41) is 0. The van der Waals surface area contributed by atoms with Gasteiger partial charge in [0, 0.05) is 13.1 Å². The molecule has 1 aliphatic rings. The second-order valence-corrected chi connectivity index (χ2v) is 5.47. The molecule has 0 aromatic rings. The summed E-state index contributed by atoms with van der Waals surface area (Å²) in [6.45, 7) is 12.0. The normalized spacial score (nSPS) is 17.8. The Bertz CT molecular complexity index is 231. The second-order valence-electron chi connectivity index (χ2n) is 5.47. The maximum Gasteiger partial charge on any atom is 0.245 e. The van der Waals surface area contributed by atoms with Gasteiger partial charge >= 0.3 is 0 Å². The van der Waals surface area contributed by atoms with Gasteiger partial charge in [0.1, 0.15) is 0 Å². The van der Waals surface area contributed by atoms with E-state index in [4.69, 9.17) is 0 Å². The zero-order valence-corrected chi connectivity index (χ0v) is 13.3. The molecule has 2 nitrogen and oxygen atoms in total. The van der Waals surface area contributed by atoms with Gasteiger partial charge in [-0.05, 0) is 18.4 Å². The number of likely N-dealkylation sites (tertiary alicyclic amines) is 1. The Hall–Kier alpha value is -0.790. The highest BCUT2D eigenvalue weighted by molar-refractivity contribution is 5.87. The molecule has 0 spiro atoms. The molecule has 0 N–H and O–H groups in total. The summed E-state index contributed by atoms with van der Waals surface area (Å²) >= 11 is 0. The molecule has 1 heterocycles. The summed E-state index contributed by atoms with van der Waals surface area (Å²) in [5.74, 6) is 0.805. The molecule has 0 radical (unpaired) electrons. The van der Waals surface area contributed by atoms with Crippen LogP contribution in [0, 0.1) is 5.92 Å². The van der Waals surface area contributed by atoms with E-state index in [0.29, 0.717) is 0 Å². The Kier molecular flexibility index (Phi) is 11.7. The minimum Gasteiger partial charge on any atom is -0.339 e. The highest BCUT2D eigenvalue weighted by atomic mass is 16.2. The fourth-order valence-corrected chi connectivity index (χ4v) is 2.35. The fraction of sp³-hybridized carbons (Fsp3) is 0.824. The maximum atomic E-state index is 11.1. The van der Waals surface area contributed by atoms with Crippen molar-refractivity contribution in [1.29, 1.82) is 0 Å². The van der Waals surface area contributed by atoms with Gasteiger partial charge in [0.25, 0.3) is 0 Å². The van der Waals surface area contributed by atoms with Crippen LogP contribution in [0.25, 0.3) is 0 Å². The summed E-state index contributed by atoms with van der Waals surface area (Å²) in [5.41, 5.74) is 0. The van der Waals surface area contributed by atoms with E-state index in [1.165, 1.54) is 51.0 Å². The molecular weight excluding hydrogens is 234 g/mol. The van der Waals surface area contributed by atoms with Crippen molar-refractivity contribution in [3.63, 3.8) is 0 Å². The third-order valence-corrected chi connectivity index (χ3v) is 3.81. The lowest BCUT2D eigenvalue weighted by atomic mass is 10.1. The molecule has 1 amide bonds. The molecule has 2 heteroatoms. The van der Waals surface area contributed by atoms with E-state index in [-0.39, 0.29) is 5.91 Å². The molecule has 1 saturated heterocycles. The quantitative estimate of drug-likeness (QED) is 0.479. The summed E-state index contributed by atoms with van der Waals surface area (Å²) in [6.07, 6.45) is 12.2. The Morgan fingerprint density at radius 3 is 2.11 bits per heavy atom. The average Bonchev–Trinajstić information content (AvgIpc) is 2.92. The van der Waals surface area contributed by atoms with E-state index >= 15 is 0 Å². The first-order valence-corrected chi connectivity index (χ1v) is 8.10. The van der Waals surface area contributed by atoms with Crippen molar-refractivity contribution in [2.75, 3.05) is 13.1 Å². The van der Waals surface area contributed by atoms with Crippen LogP contribution in [0.5, 0.6) is 0 Å². The zero-order valence-electron chi connectivity index (χ0n) is 13.3. The van der Waals surface area contributed by atoms with Gasteiger partial charge in [-0.1, -0.05) is 72.3 Å². The molecule has 1 aliphatic heterocycles. The Morgan fingerprint density at radius 1 is 1.16 bits per heavy atom. The van der Waals surface area contributed by atoms with Crippen LogP contribution in [0.2, 0.25) is 0 Å². The lowest BCUT2D eigenvalue weighted by Crippen LogP contribution is -2.26. The topological polar surface area (TPSA) is 20.3 Å². The van der Waals surface area contributed by atoms with E-state index in [2.05, 4.69) is 27.4 Å². The first-order chi connectivity index (χ1) is 9.19. The molecular formula is C17H33NO. The minimum atomic E-state index is 0.0842. The van der Waals surface area contributed by atoms with Crippen LogP contribution in [-0.4, -0.2) is 23.9 Å². The van der Waals surface area contributed by atoms with Crippen molar-refractivity contribution in [2.45, 2.75) is 72.1 Å². The summed E-state index contributed by atoms with van der Waals surface area (Å²) in [7, 11) is 0. The van der Waals surface area contributed by atoms with Crippen molar-refractivity contribution >= 4 is 5.91 Å². The van der Waals surface area contributed by atoms with Crippen LogP contribution in [0.1, 0.15) is 72.1 Å². The van der Waals surface area contributed by atoms with Crippen molar-refractivity contribution in [2.24, 2.45) is 5.92 Å². The van der Waals surface area contributed by atoms with Gasteiger partial charge in [-0.3, -0.25) is 4.79 Å². The van der Waals surface area contributed by atoms with Gasteiger partial charge in [-0.15, -0.1) is 0 Å².